The van der Waals surface area contributed by atoms with Crippen molar-refractivity contribution >= 4 is 0 Å². The highest BCUT2D eigenvalue weighted by molar-refractivity contribution is 5.05. The second kappa shape index (κ2) is 4.25. The van der Waals surface area contributed by atoms with Crippen LogP contribution in [0.5, 0.6) is 0 Å². The van der Waals surface area contributed by atoms with Gasteiger partial charge in [-0.15, -0.1) is 0 Å². The van der Waals surface area contributed by atoms with Crippen LogP contribution in [-0.2, 0) is 0 Å². The van der Waals surface area contributed by atoms with E-state index in [0.717, 1.165) is 0 Å². The molecule has 2 heteroatoms. The lowest BCUT2D eigenvalue weighted by Gasteiger charge is -2.13. The van der Waals surface area contributed by atoms with E-state index in [1.165, 1.54) is 6.08 Å². The molecule has 0 aliphatic rings. The van der Waals surface area contributed by atoms with Crippen molar-refractivity contribution in [1.82, 2.24) is 0 Å². The molecule has 2 unspecified atom stereocenters. The number of hydrogen-bond acceptors (Lipinski definition) is 2. The number of aliphatic hydroxyl groups excluding tert-OH is 2. The van der Waals surface area contributed by atoms with Crippen molar-refractivity contribution in [2.75, 3.05) is 0 Å². The first-order valence-corrected chi connectivity index (χ1v) is 3.24. The molecule has 0 aliphatic heterocycles. The van der Waals surface area contributed by atoms with Crippen molar-refractivity contribution in [3.63, 3.8) is 0 Å². The van der Waals surface area contributed by atoms with Gasteiger partial charge in [0.05, 0.1) is 0 Å². The van der Waals surface area contributed by atoms with Gasteiger partial charge in [-0.1, -0.05) is 18.7 Å². The zero-order valence-electron chi connectivity index (χ0n) is 6.41. The summed E-state index contributed by atoms with van der Waals surface area (Å²) in [5, 5.41) is 18.2. The lowest BCUT2D eigenvalue weighted by atomic mass is 10.1. The van der Waals surface area contributed by atoms with Crippen LogP contribution in [-0.4, -0.2) is 22.4 Å². The Labute approximate surface area is 61.5 Å². The Morgan fingerprint density at radius 2 is 2.00 bits per heavy atom. The van der Waals surface area contributed by atoms with Crippen molar-refractivity contribution in [3.05, 3.63) is 24.3 Å². The Bertz CT molecular complexity index is 138. The Balaban J connectivity index is 3.93. The fraction of sp³-hybridized carbons (Fsp3) is 0.500. The van der Waals surface area contributed by atoms with E-state index in [1.54, 1.807) is 19.9 Å². The van der Waals surface area contributed by atoms with Crippen LogP contribution in [0.4, 0.5) is 0 Å². The summed E-state index contributed by atoms with van der Waals surface area (Å²) < 4.78 is 0. The first kappa shape index (κ1) is 9.40. The minimum absolute atomic E-state index is 0.575. The predicted octanol–water partition coefficient (Wildman–Crippen LogP) is 0.860. The molecule has 0 fully saturated rings. The minimum Gasteiger partial charge on any atom is -0.386 e. The Kier molecular flexibility index (Phi) is 4.00. The quantitative estimate of drug-likeness (QED) is 0.574. The first-order valence-electron chi connectivity index (χ1n) is 3.24. The molecule has 0 saturated carbocycles. The van der Waals surface area contributed by atoms with Crippen molar-refractivity contribution in [1.29, 1.82) is 0 Å². The zero-order chi connectivity index (χ0) is 8.15. The topological polar surface area (TPSA) is 40.5 Å². The molecular weight excluding hydrogens is 128 g/mol. The van der Waals surface area contributed by atoms with Crippen LogP contribution in [0.1, 0.15) is 13.8 Å². The zero-order valence-corrected chi connectivity index (χ0v) is 6.41. The molecule has 0 aromatic heterocycles. The monoisotopic (exact) mass is 142 g/mol. The SMILES string of the molecule is C=C(C)C(O)C(O)C=CC. The van der Waals surface area contributed by atoms with Gasteiger partial charge in [-0.3, -0.25) is 0 Å². The van der Waals surface area contributed by atoms with Crippen LogP contribution in [0.15, 0.2) is 24.3 Å². The standard InChI is InChI=1S/C8H14O2/c1-4-5-7(9)8(10)6(2)3/h4-5,7-10H,2H2,1,3H3. The summed E-state index contributed by atoms with van der Waals surface area (Å²) >= 11 is 0. The Morgan fingerprint density at radius 1 is 1.50 bits per heavy atom. The molecule has 2 atom stereocenters. The summed E-state index contributed by atoms with van der Waals surface area (Å²) in [6.07, 6.45) is 1.56. The number of aliphatic hydroxyl groups is 2. The van der Waals surface area contributed by atoms with Gasteiger partial charge in [-0.2, -0.15) is 0 Å². The van der Waals surface area contributed by atoms with Crippen LogP contribution in [0.2, 0.25) is 0 Å². The van der Waals surface area contributed by atoms with E-state index in [9.17, 15) is 0 Å². The second-order valence-corrected chi connectivity index (χ2v) is 2.31. The maximum Gasteiger partial charge on any atom is 0.104 e. The van der Waals surface area contributed by atoms with Gasteiger partial charge < -0.3 is 10.2 Å². The van der Waals surface area contributed by atoms with Gasteiger partial charge >= 0.3 is 0 Å². The number of rotatable bonds is 3. The third-order valence-corrected chi connectivity index (χ3v) is 1.22. The van der Waals surface area contributed by atoms with Crippen molar-refractivity contribution in [2.24, 2.45) is 0 Å². The largest absolute Gasteiger partial charge is 0.386 e. The van der Waals surface area contributed by atoms with Gasteiger partial charge in [-0.05, 0) is 19.4 Å². The van der Waals surface area contributed by atoms with Gasteiger partial charge in [0, 0.05) is 0 Å². The fourth-order valence-electron chi connectivity index (χ4n) is 0.594. The van der Waals surface area contributed by atoms with Crippen LogP contribution in [0, 0.1) is 0 Å². The van der Waals surface area contributed by atoms with Crippen LogP contribution < -0.4 is 0 Å². The van der Waals surface area contributed by atoms with Gasteiger partial charge in [0.15, 0.2) is 0 Å². The molecule has 0 rings (SSSR count). The molecule has 0 spiro atoms. The number of hydrogen-bond donors (Lipinski definition) is 2. The fourth-order valence-corrected chi connectivity index (χ4v) is 0.594. The summed E-state index contributed by atoms with van der Waals surface area (Å²) in [6.45, 7) is 6.98. The number of allylic oxidation sites excluding steroid dienone is 1. The van der Waals surface area contributed by atoms with Crippen LogP contribution in [0.3, 0.4) is 0 Å². The smallest absolute Gasteiger partial charge is 0.104 e. The van der Waals surface area contributed by atoms with Gasteiger partial charge in [-0.25, -0.2) is 0 Å². The molecule has 0 aromatic carbocycles. The van der Waals surface area contributed by atoms with Crippen molar-refractivity contribution in [2.45, 2.75) is 26.1 Å². The van der Waals surface area contributed by atoms with E-state index < -0.39 is 12.2 Å². The molecule has 0 aliphatic carbocycles. The van der Waals surface area contributed by atoms with Crippen LogP contribution in [0.25, 0.3) is 0 Å². The Hall–Kier alpha value is -0.600. The van der Waals surface area contributed by atoms with Crippen molar-refractivity contribution < 1.29 is 10.2 Å². The summed E-state index contributed by atoms with van der Waals surface area (Å²) in [5.41, 5.74) is 0.575. The summed E-state index contributed by atoms with van der Waals surface area (Å²) in [4.78, 5) is 0. The molecule has 0 heterocycles. The van der Waals surface area contributed by atoms with Crippen LogP contribution >= 0.6 is 0 Å². The Morgan fingerprint density at radius 3 is 2.30 bits per heavy atom. The molecule has 0 saturated heterocycles. The highest BCUT2D eigenvalue weighted by Crippen LogP contribution is 2.04. The third-order valence-electron chi connectivity index (χ3n) is 1.22. The molecule has 0 bridgehead atoms. The molecular formula is C8H14O2. The second-order valence-electron chi connectivity index (χ2n) is 2.31. The average Bonchev–Trinajstić information content (AvgIpc) is 1.87. The third kappa shape index (κ3) is 2.80. The molecule has 0 radical (unpaired) electrons. The molecule has 0 aromatic rings. The maximum absolute atomic E-state index is 9.13. The first-order chi connectivity index (χ1) is 4.59. The maximum atomic E-state index is 9.13. The van der Waals surface area contributed by atoms with Gasteiger partial charge in [0.25, 0.3) is 0 Å². The lowest BCUT2D eigenvalue weighted by Crippen LogP contribution is -2.24. The van der Waals surface area contributed by atoms with E-state index in [2.05, 4.69) is 6.58 Å². The summed E-state index contributed by atoms with van der Waals surface area (Å²) in [7, 11) is 0. The van der Waals surface area contributed by atoms with Crippen molar-refractivity contribution in [3.8, 4) is 0 Å². The van der Waals surface area contributed by atoms with E-state index in [4.69, 9.17) is 10.2 Å². The van der Waals surface area contributed by atoms with E-state index >= 15 is 0 Å². The molecule has 10 heavy (non-hydrogen) atoms. The highest BCUT2D eigenvalue weighted by atomic mass is 16.3. The lowest BCUT2D eigenvalue weighted by molar-refractivity contribution is 0.0734. The molecule has 58 valence electrons. The molecule has 2 N–H and O–H groups in total. The van der Waals surface area contributed by atoms with Gasteiger partial charge in [0.1, 0.15) is 12.2 Å². The predicted molar refractivity (Wildman–Crippen MR) is 41.6 cm³/mol. The van der Waals surface area contributed by atoms with E-state index in [1.807, 2.05) is 0 Å². The summed E-state index contributed by atoms with van der Waals surface area (Å²) in [5.74, 6) is 0. The normalized spacial score (nSPS) is 17.2. The summed E-state index contributed by atoms with van der Waals surface area (Å²) in [6, 6.07) is 0. The van der Waals surface area contributed by atoms with Gasteiger partial charge in [0.2, 0.25) is 0 Å². The van der Waals surface area contributed by atoms with E-state index in [0.29, 0.717) is 5.57 Å². The minimum atomic E-state index is -0.837. The molecule has 0 amide bonds. The van der Waals surface area contributed by atoms with E-state index in [-0.39, 0.29) is 0 Å². The average molecular weight is 142 g/mol. The molecule has 2 nitrogen and oxygen atoms in total. The highest BCUT2D eigenvalue weighted by Gasteiger charge is 2.12.